The normalized spacial score (nSPS) is 10.8. The molecule has 0 spiro atoms. The molecule has 2 N–H and O–H groups in total. The number of H-pyrrole nitrogens is 1. The standard InChI is InChI=1S/C27H28N4O2S/c1-3-19-7-12-25-21(14-19)15-22(26(32)30-25)18-31(17-20-6-5-13-28-16-20)27(34)29-23-8-10-24(11-9-23)33-4-2/h5-16H,3-4,17-18H2,1-2H3,(H,29,34)(H,30,32). The number of hydrogen-bond donors (Lipinski definition) is 2. The van der Waals surface area contributed by atoms with Crippen LogP contribution in [0.3, 0.4) is 0 Å². The maximum atomic E-state index is 12.9. The Kier molecular flexibility index (Phi) is 7.54. The molecule has 174 valence electrons. The van der Waals surface area contributed by atoms with Gasteiger partial charge in [-0.15, -0.1) is 0 Å². The summed E-state index contributed by atoms with van der Waals surface area (Å²) in [6.07, 6.45) is 4.49. The first-order valence-electron chi connectivity index (χ1n) is 11.4. The average Bonchev–Trinajstić information content (AvgIpc) is 2.85. The Morgan fingerprint density at radius 1 is 1.06 bits per heavy atom. The Balaban J connectivity index is 1.61. The second-order valence-corrected chi connectivity index (χ2v) is 8.39. The zero-order chi connectivity index (χ0) is 23.9. The summed E-state index contributed by atoms with van der Waals surface area (Å²) in [6.45, 7) is 5.57. The number of aromatic nitrogens is 2. The SMILES string of the molecule is CCOc1ccc(NC(=S)N(Cc2cccnc2)Cc2cc3cc(CC)ccc3[nH]c2=O)cc1. The van der Waals surface area contributed by atoms with Gasteiger partial charge in [0, 0.05) is 35.7 Å². The van der Waals surface area contributed by atoms with Crippen molar-refractivity contribution in [2.45, 2.75) is 33.4 Å². The van der Waals surface area contributed by atoms with Gasteiger partial charge in [-0.2, -0.15) is 0 Å². The van der Waals surface area contributed by atoms with Crippen molar-refractivity contribution < 1.29 is 4.74 Å². The van der Waals surface area contributed by atoms with Crippen molar-refractivity contribution in [1.29, 1.82) is 0 Å². The van der Waals surface area contributed by atoms with Crippen LogP contribution in [0.4, 0.5) is 5.69 Å². The lowest BCUT2D eigenvalue weighted by Gasteiger charge is -2.26. The second kappa shape index (κ2) is 10.9. The van der Waals surface area contributed by atoms with Crippen molar-refractivity contribution in [3.8, 4) is 5.75 Å². The van der Waals surface area contributed by atoms with Crippen LogP contribution in [0, 0.1) is 0 Å². The van der Waals surface area contributed by atoms with E-state index >= 15 is 0 Å². The summed E-state index contributed by atoms with van der Waals surface area (Å²) < 4.78 is 5.52. The summed E-state index contributed by atoms with van der Waals surface area (Å²) in [7, 11) is 0. The third kappa shape index (κ3) is 5.80. The minimum absolute atomic E-state index is 0.114. The highest BCUT2D eigenvalue weighted by Crippen LogP contribution is 2.19. The predicted octanol–water partition coefficient (Wildman–Crippen LogP) is 5.28. The summed E-state index contributed by atoms with van der Waals surface area (Å²) in [5.74, 6) is 0.806. The van der Waals surface area contributed by atoms with Crippen LogP contribution in [0.1, 0.15) is 30.5 Å². The van der Waals surface area contributed by atoms with Gasteiger partial charge in [-0.1, -0.05) is 19.1 Å². The zero-order valence-corrected chi connectivity index (χ0v) is 20.2. The van der Waals surface area contributed by atoms with Crippen molar-refractivity contribution in [3.05, 3.63) is 100 Å². The molecule has 7 heteroatoms. The van der Waals surface area contributed by atoms with Crippen LogP contribution in [-0.4, -0.2) is 26.6 Å². The van der Waals surface area contributed by atoms with Crippen LogP contribution in [0.5, 0.6) is 5.75 Å². The highest BCUT2D eigenvalue weighted by molar-refractivity contribution is 7.80. The molecule has 0 bridgehead atoms. The maximum Gasteiger partial charge on any atom is 0.253 e. The quantitative estimate of drug-likeness (QED) is 0.340. The number of aromatic amines is 1. The number of pyridine rings is 2. The van der Waals surface area contributed by atoms with E-state index in [4.69, 9.17) is 17.0 Å². The van der Waals surface area contributed by atoms with Gasteiger partial charge in [-0.3, -0.25) is 9.78 Å². The number of thiocarbonyl (C=S) groups is 1. The first-order valence-corrected chi connectivity index (χ1v) is 11.8. The van der Waals surface area contributed by atoms with Crippen LogP contribution in [-0.2, 0) is 19.5 Å². The van der Waals surface area contributed by atoms with Crippen molar-refractivity contribution in [1.82, 2.24) is 14.9 Å². The molecule has 0 aliphatic rings. The van der Waals surface area contributed by atoms with Crippen LogP contribution < -0.4 is 15.6 Å². The molecular formula is C27H28N4O2S. The number of fused-ring (bicyclic) bond motifs is 1. The fraction of sp³-hybridized carbons (Fsp3) is 0.222. The van der Waals surface area contributed by atoms with Crippen molar-refractivity contribution in [3.63, 3.8) is 0 Å². The predicted molar refractivity (Wildman–Crippen MR) is 141 cm³/mol. The number of aryl methyl sites for hydroxylation is 1. The van der Waals surface area contributed by atoms with E-state index in [2.05, 4.69) is 28.3 Å². The Labute approximate surface area is 204 Å². The first kappa shape index (κ1) is 23.4. The number of benzene rings is 2. The van der Waals surface area contributed by atoms with E-state index < -0.39 is 0 Å². The van der Waals surface area contributed by atoms with Gasteiger partial charge in [-0.05, 0) is 90.6 Å². The summed E-state index contributed by atoms with van der Waals surface area (Å²) >= 11 is 5.77. The molecule has 4 rings (SSSR count). The molecule has 4 aromatic rings. The second-order valence-electron chi connectivity index (χ2n) is 8.00. The van der Waals surface area contributed by atoms with Crippen LogP contribution in [0.2, 0.25) is 0 Å². The van der Waals surface area contributed by atoms with Gasteiger partial charge >= 0.3 is 0 Å². The number of hydrogen-bond acceptors (Lipinski definition) is 4. The lowest BCUT2D eigenvalue weighted by molar-refractivity contribution is 0.340. The van der Waals surface area contributed by atoms with Gasteiger partial charge in [0.15, 0.2) is 5.11 Å². The average molecular weight is 473 g/mol. The molecule has 0 amide bonds. The monoisotopic (exact) mass is 472 g/mol. The summed E-state index contributed by atoms with van der Waals surface area (Å²) in [5.41, 5.74) is 4.45. The molecule has 2 aromatic heterocycles. The minimum atomic E-state index is -0.114. The number of nitrogens with zero attached hydrogens (tertiary/aromatic N) is 2. The van der Waals surface area contributed by atoms with E-state index in [0.717, 1.165) is 34.3 Å². The fourth-order valence-corrected chi connectivity index (χ4v) is 4.01. The first-order chi connectivity index (χ1) is 16.6. The number of anilines is 1. The molecule has 6 nitrogen and oxygen atoms in total. The molecule has 34 heavy (non-hydrogen) atoms. The van der Waals surface area contributed by atoms with Crippen LogP contribution >= 0.6 is 12.2 Å². The van der Waals surface area contributed by atoms with Gasteiger partial charge in [0.05, 0.1) is 13.2 Å². The summed E-state index contributed by atoms with van der Waals surface area (Å²) in [6, 6.07) is 19.6. The highest BCUT2D eigenvalue weighted by atomic mass is 32.1. The smallest absolute Gasteiger partial charge is 0.253 e. The Morgan fingerprint density at radius 3 is 2.59 bits per heavy atom. The Bertz CT molecular complexity index is 1320. The lowest BCUT2D eigenvalue weighted by atomic mass is 10.1. The Hall–Kier alpha value is -3.71. The van der Waals surface area contributed by atoms with E-state index in [0.29, 0.717) is 30.4 Å². The van der Waals surface area contributed by atoms with Crippen molar-refractivity contribution >= 4 is 33.9 Å². The summed E-state index contributed by atoms with van der Waals surface area (Å²) in [5, 5.41) is 4.83. The Morgan fingerprint density at radius 2 is 1.88 bits per heavy atom. The fourth-order valence-electron chi connectivity index (χ4n) is 3.76. The highest BCUT2D eigenvalue weighted by Gasteiger charge is 2.15. The topological polar surface area (TPSA) is 70.2 Å². The molecule has 2 heterocycles. The molecule has 2 aromatic carbocycles. The molecule has 0 saturated heterocycles. The zero-order valence-electron chi connectivity index (χ0n) is 19.4. The van der Waals surface area contributed by atoms with Gasteiger partial charge in [0.2, 0.25) is 0 Å². The van der Waals surface area contributed by atoms with Crippen LogP contribution in [0.25, 0.3) is 10.9 Å². The van der Waals surface area contributed by atoms with Gasteiger partial charge < -0.3 is 19.9 Å². The number of ether oxygens (including phenoxy) is 1. The largest absolute Gasteiger partial charge is 0.494 e. The van der Waals surface area contributed by atoms with Crippen molar-refractivity contribution in [2.24, 2.45) is 0 Å². The molecule has 0 atom stereocenters. The molecule has 0 saturated carbocycles. The van der Waals surface area contributed by atoms with E-state index in [1.54, 1.807) is 6.20 Å². The van der Waals surface area contributed by atoms with Gasteiger partial charge in [0.1, 0.15) is 5.75 Å². The van der Waals surface area contributed by atoms with E-state index in [9.17, 15) is 4.79 Å². The molecular weight excluding hydrogens is 444 g/mol. The minimum Gasteiger partial charge on any atom is -0.494 e. The van der Waals surface area contributed by atoms with E-state index in [1.807, 2.05) is 72.6 Å². The third-order valence-electron chi connectivity index (χ3n) is 5.56. The van der Waals surface area contributed by atoms with Gasteiger partial charge in [0.25, 0.3) is 5.56 Å². The van der Waals surface area contributed by atoms with E-state index in [1.165, 1.54) is 5.56 Å². The lowest BCUT2D eigenvalue weighted by Crippen LogP contribution is -2.35. The van der Waals surface area contributed by atoms with E-state index in [-0.39, 0.29) is 5.56 Å². The molecule has 0 unspecified atom stereocenters. The molecule has 0 aliphatic carbocycles. The van der Waals surface area contributed by atoms with Gasteiger partial charge in [-0.25, -0.2) is 0 Å². The molecule has 0 aliphatic heterocycles. The van der Waals surface area contributed by atoms with Crippen LogP contribution in [0.15, 0.2) is 77.9 Å². The maximum absolute atomic E-state index is 12.9. The number of nitrogens with one attached hydrogen (secondary N) is 2. The third-order valence-corrected chi connectivity index (χ3v) is 5.92. The van der Waals surface area contributed by atoms with Crippen molar-refractivity contribution in [2.75, 3.05) is 11.9 Å². The number of rotatable bonds is 8. The summed E-state index contributed by atoms with van der Waals surface area (Å²) in [4.78, 5) is 22.1. The molecule has 0 radical (unpaired) electrons. The molecule has 0 fully saturated rings.